The van der Waals surface area contributed by atoms with Crippen LogP contribution in [0.4, 0.5) is 0 Å². The highest BCUT2D eigenvalue weighted by molar-refractivity contribution is 14.0. The van der Waals surface area contributed by atoms with Gasteiger partial charge in [0, 0.05) is 25.0 Å². The molecule has 0 aliphatic rings. The van der Waals surface area contributed by atoms with Crippen LogP contribution in [0.3, 0.4) is 0 Å². The van der Waals surface area contributed by atoms with Crippen LogP contribution in [0.5, 0.6) is 0 Å². The van der Waals surface area contributed by atoms with E-state index < -0.39 is 0 Å². The van der Waals surface area contributed by atoms with E-state index in [1.54, 1.807) is 11.3 Å². The van der Waals surface area contributed by atoms with Crippen molar-refractivity contribution in [3.8, 4) is 0 Å². The molecule has 0 unspecified atom stereocenters. The van der Waals surface area contributed by atoms with Gasteiger partial charge in [0.1, 0.15) is 0 Å². The van der Waals surface area contributed by atoms with Crippen molar-refractivity contribution >= 4 is 41.3 Å². The summed E-state index contributed by atoms with van der Waals surface area (Å²) in [5.41, 5.74) is 2.97. The molecule has 0 saturated heterocycles. The number of hydrogen-bond donors (Lipinski definition) is 1. The maximum absolute atomic E-state index is 4.72. The minimum atomic E-state index is 0. The molecule has 1 rings (SSSR count). The first-order valence-corrected chi connectivity index (χ1v) is 8.56. The number of halogens is 1. The van der Waals surface area contributed by atoms with Crippen molar-refractivity contribution in [3.05, 3.63) is 28.7 Å². The zero-order chi connectivity index (χ0) is 15.5. The van der Waals surface area contributed by atoms with Crippen LogP contribution in [-0.4, -0.2) is 36.0 Å². The molecular weight excluding hydrogens is 407 g/mol. The number of guanidine groups is 1. The average molecular weight is 436 g/mol. The quantitative estimate of drug-likeness (QED) is 0.207. The standard InChI is InChI=1S/C16H28N4S.HI/c1-5-7-8-9-10-11-20(4)16(17-6-2)18-12-15-14(3)19-13-21-15;/h5,13H,1,6-12H2,2-4H3,(H,17,18);1H. The Balaban J connectivity index is 0.00000441. The monoisotopic (exact) mass is 436 g/mol. The average Bonchev–Trinajstić information content (AvgIpc) is 2.88. The Morgan fingerprint density at radius 1 is 1.45 bits per heavy atom. The third kappa shape index (κ3) is 8.12. The number of nitrogens with zero attached hydrogens (tertiary/aromatic N) is 3. The molecule has 0 radical (unpaired) electrons. The molecular formula is C16H29IN4S. The topological polar surface area (TPSA) is 40.5 Å². The number of nitrogens with one attached hydrogen (secondary N) is 1. The third-order valence-corrected chi connectivity index (χ3v) is 4.24. The van der Waals surface area contributed by atoms with Crippen LogP contribution < -0.4 is 5.32 Å². The minimum Gasteiger partial charge on any atom is -0.357 e. The Hall–Kier alpha value is -0.630. The van der Waals surface area contributed by atoms with Gasteiger partial charge in [-0.15, -0.1) is 41.9 Å². The molecule has 1 N–H and O–H groups in total. The van der Waals surface area contributed by atoms with E-state index >= 15 is 0 Å². The number of thiazole rings is 1. The van der Waals surface area contributed by atoms with E-state index in [2.05, 4.69) is 35.8 Å². The Labute approximate surface area is 156 Å². The number of rotatable bonds is 9. The van der Waals surface area contributed by atoms with E-state index in [1.807, 2.05) is 18.5 Å². The molecule has 22 heavy (non-hydrogen) atoms. The molecule has 1 aromatic rings. The SMILES string of the molecule is C=CCCCCCN(C)C(=NCc1scnc1C)NCC.I. The zero-order valence-corrected chi connectivity index (χ0v) is 17.1. The zero-order valence-electron chi connectivity index (χ0n) is 14.0. The Morgan fingerprint density at radius 2 is 2.23 bits per heavy atom. The first-order chi connectivity index (χ1) is 10.2. The second-order valence-electron chi connectivity index (χ2n) is 5.09. The lowest BCUT2D eigenvalue weighted by Crippen LogP contribution is -2.39. The van der Waals surface area contributed by atoms with Gasteiger partial charge in [-0.2, -0.15) is 0 Å². The molecule has 6 heteroatoms. The van der Waals surface area contributed by atoms with Gasteiger partial charge in [0.25, 0.3) is 0 Å². The van der Waals surface area contributed by atoms with Gasteiger partial charge in [-0.25, -0.2) is 9.98 Å². The lowest BCUT2D eigenvalue weighted by molar-refractivity contribution is 0.455. The van der Waals surface area contributed by atoms with Gasteiger partial charge in [-0.3, -0.25) is 0 Å². The second kappa shape index (κ2) is 12.9. The van der Waals surface area contributed by atoms with Gasteiger partial charge in [0.05, 0.1) is 17.7 Å². The van der Waals surface area contributed by atoms with Crippen LogP contribution in [0.2, 0.25) is 0 Å². The largest absolute Gasteiger partial charge is 0.357 e. The maximum Gasteiger partial charge on any atom is 0.194 e. The molecule has 126 valence electrons. The first kappa shape index (κ1) is 21.4. The van der Waals surface area contributed by atoms with Crippen molar-refractivity contribution in [2.75, 3.05) is 20.1 Å². The van der Waals surface area contributed by atoms with E-state index in [4.69, 9.17) is 4.99 Å². The molecule has 0 atom stereocenters. The molecule has 0 saturated carbocycles. The predicted octanol–water partition coefficient (Wildman–Crippen LogP) is 4.21. The summed E-state index contributed by atoms with van der Waals surface area (Å²) >= 11 is 1.67. The smallest absolute Gasteiger partial charge is 0.194 e. The van der Waals surface area contributed by atoms with Crippen molar-refractivity contribution in [1.82, 2.24) is 15.2 Å². The highest BCUT2D eigenvalue weighted by atomic mass is 127. The third-order valence-electron chi connectivity index (χ3n) is 3.32. The Morgan fingerprint density at radius 3 is 2.82 bits per heavy atom. The van der Waals surface area contributed by atoms with Crippen LogP contribution in [-0.2, 0) is 6.54 Å². The van der Waals surface area contributed by atoms with E-state index in [0.717, 1.165) is 31.2 Å². The molecule has 4 nitrogen and oxygen atoms in total. The van der Waals surface area contributed by atoms with Crippen molar-refractivity contribution in [1.29, 1.82) is 0 Å². The Kier molecular flexibility index (Phi) is 12.5. The number of aliphatic imine (C=N–C) groups is 1. The van der Waals surface area contributed by atoms with Gasteiger partial charge in [0.2, 0.25) is 0 Å². The summed E-state index contributed by atoms with van der Waals surface area (Å²) in [6.45, 7) is 10.5. The van der Waals surface area contributed by atoms with E-state index in [1.165, 1.54) is 24.1 Å². The highest BCUT2D eigenvalue weighted by Gasteiger charge is 2.06. The summed E-state index contributed by atoms with van der Waals surface area (Å²) in [4.78, 5) is 12.4. The molecule has 0 amide bonds. The van der Waals surface area contributed by atoms with Crippen molar-refractivity contribution in [2.45, 2.75) is 46.1 Å². The summed E-state index contributed by atoms with van der Waals surface area (Å²) in [6.07, 6.45) is 6.76. The number of allylic oxidation sites excluding steroid dienone is 1. The lowest BCUT2D eigenvalue weighted by Gasteiger charge is -2.22. The van der Waals surface area contributed by atoms with Gasteiger partial charge >= 0.3 is 0 Å². The second-order valence-corrected chi connectivity index (χ2v) is 6.03. The first-order valence-electron chi connectivity index (χ1n) is 7.68. The lowest BCUT2D eigenvalue weighted by atomic mass is 10.2. The molecule has 0 aliphatic heterocycles. The summed E-state index contributed by atoms with van der Waals surface area (Å²) in [5, 5.41) is 3.36. The van der Waals surface area contributed by atoms with E-state index in [9.17, 15) is 0 Å². The summed E-state index contributed by atoms with van der Waals surface area (Å²) in [7, 11) is 2.11. The molecule has 0 aromatic carbocycles. The molecule has 0 spiro atoms. The molecule has 0 fully saturated rings. The minimum absolute atomic E-state index is 0. The van der Waals surface area contributed by atoms with Crippen LogP contribution in [0, 0.1) is 6.92 Å². The summed E-state index contributed by atoms with van der Waals surface area (Å²) < 4.78 is 0. The van der Waals surface area contributed by atoms with Gasteiger partial charge < -0.3 is 10.2 Å². The Bertz CT molecular complexity index is 445. The van der Waals surface area contributed by atoms with Crippen LogP contribution in [0.25, 0.3) is 0 Å². The van der Waals surface area contributed by atoms with Gasteiger partial charge in [-0.05, 0) is 33.1 Å². The van der Waals surface area contributed by atoms with E-state index in [-0.39, 0.29) is 24.0 Å². The number of aryl methyl sites for hydroxylation is 1. The fourth-order valence-corrected chi connectivity index (χ4v) is 2.72. The summed E-state index contributed by atoms with van der Waals surface area (Å²) in [6, 6.07) is 0. The summed E-state index contributed by atoms with van der Waals surface area (Å²) in [5.74, 6) is 0.981. The van der Waals surface area contributed by atoms with Crippen molar-refractivity contribution in [3.63, 3.8) is 0 Å². The molecule has 0 bridgehead atoms. The highest BCUT2D eigenvalue weighted by Crippen LogP contribution is 2.13. The molecule has 1 aromatic heterocycles. The number of hydrogen-bond acceptors (Lipinski definition) is 3. The van der Waals surface area contributed by atoms with Gasteiger partial charge in [0.15, 0.2) is 5.96 Å². The fraction of sp³-hybridized carbons (Fsp3) is 0.625. The molecule has 1 heterocycles. The maximum atomic E-state index is 4.72. The molecule has 0 aliphatic carbocycles. The van der Waals surface area contributed by atoms with Gasteiger partial charge in [-0.1, -0.05) is 12.5 Å². The normalized spacial score (nSPS) is 11.0. The van der Waals surface area contributed by atoms with Crippen LogP contribution >= 0.6 is 35.3 Å². The van der Waals surface area contributed by atoms with Crippen LogP contribution in [0.1, 0.15) is 43.2 Å². The number of aromatic nitrogens is 1. The number of unbranched alkanes of at least 4 members (excludes halogenated alkanes) is 3. The van der Waals surface area contributed by atoms with E-state index in [0.29, 0.717) is 6.54 Å². The van der Waals surface area contributed by atoms with Crippen LogP contribution in [0.15, 0.2) is 23.2 Å². The van der Waals surface area contributed by atoms with Crippen molar-refractivity contribution < 1.29 is 0 Å². The fourth-order valence-electron chi connectivity index (χ4n) is 2.01. The van der Waals surface area contributed by atoms with Crippen molar-refractivity contribution in [2.24, 2.45) is 4.99 Å². The predicted molar refractivity (Wildman–Crippen MR) is 108 cm³/mol.